The third kappa shape index (κ3) is 2.29. The van der Waals surface area contributed by atoms with Gasteiger partial charge in [0.1, 0.15) is 5.76 Å². The number of aromatic nitrogens is 1. The van der Waals surface area contributed by atoms with E-state index >= 15 is 0 Å². The van der Waals surface area contributed by atoms with Crippen LogP contribution in [0.4, 0.5) is 0 Å². The van der Waals surface area contributed by atoms with Gasteiger partial charge in [0.15, 0.2) is 0 Å². The fourth-order valence-electron chi connectivity index (χ4n) is 2.65. The summed E-state index contributed by atoms with van der Waals surface area (Å²) in [5.41, 5.74) is 0.370. The van der Waals surface area contributed by atoms with Crippen molar-refractivity contribution in [1.29, 1.82) is 0 Å². The third-order valence-corrected chi connectivity index (χ3v) is 3.70. The van der Waals surface area contributed by atoms with E-state index in [1.807, 2.05) is 6.20 Å². The van der Waals surface area contributed by atoms with Gasteiger partial charge in [-0.2, -0.15) is 0 Å². The van der Waals surface area contributed by atoms with Crippen LogP contribution in [0.15, 0.2) is 10.6 Å². The first-order valence-electron chi connectivity index (χ1n) is 6.29. The monoisotopic (exact) mass is 222 g/mol. The minimum atomic E-state index is 0.370. The molecule has 1 heterocycles. The zero-order valence-electron chi connectivity index (χ0n) is 10.5. The molecule has 3 heteroatoms. The first-order chi connectivity index (χ1) is 7.63. The van der Waals surface area contributed by atoms with Crippen LogP contribution in [0.1, 0.15) is 57.6 Å². The molecule has 0 aromatic carbocycles. The summed E-state index contributed by atoms with van der Waals surface area (Å²) in [5, 5.41) is 3.23. The van der Waals surface area contributed by atoms with Gasteiger partial charge in [0.25, 0.3) is 0 Å². The predicted octanol–water partition coefficient (Wildman–Crippen LogP) is 3.08. The zero-order chi connectivity index (χ0) is 11.6. The fraction of sp³-hybridized carbons (Fsp3) is 0.769. The lowest BCUT2D eigenvalue weighted by Crippen LogP contribution is -2.15. The van der Waals surface area contributed by atoms with E-state index in [1.165, 1.54) is 19.3 Å². The lowest BCUT2D eigenvalue weighted by atomic mass is 9.81. The number of nitrogens with zero attached hydrogens (tertiary/aromatic N) is 1. The van der Waals surface area contributed by atoms with Crippen molar-refractivity contribution < 1.29 is 4.42 Å². The summed E-state index contributed by atoms with van der Waals surface area (Å²) in [6.45, 7) is 8.44. The lowest BCUT2D eigenvalue weighted by molar-refractivity contribution is 0.286. The van der Waals surface area contributed by atoms with Crippen LogP contribution in [0.25, 0.3) is 0 Å². The summed E-state index contributed by atoms with van der Waals surface area (Å²) in [6.07, 6.45) is 5.76. The second kappa shape index (κ2) is 4.58. The van der Waals surface area contributed by atoms with Crippen LogP contribution in [0.5, 0.6) is 0 Å². The van der Waals surface area contributed by atoms with Crippen molar-refractivity contribution in [2.45, 2.75) is 52.5 Å². The van der Waals surface area contributed by atoms with Crippen LogP contribution in [-0.2, 0) is 6.54 Å². The summed E-state index contributed by atoms with van der Waals surface area (Å²) in [6, 6.07) is 0. The molecular weight excluding hydrogens is 200 g/mol. The molecule has 1 aromatic rings. The number of hydrogen-bond donors (Lipinski definition) is 1. The van der Waals surface area contributed by atoms with Gasteiger partial charge < -0.3 is 9.73 Å². The number of rotatable bonds is 4. The van der Waals surface area contributed by atoms with Crippen molar-refractivity contribution in [2.75, 3.05) is 6.54 Å². The maximum absolute atomic E-state index is 5.83. The minimum absolute atomic E-state index is 0.370. The van der Waals surface area contributed by atoms with Crippen molar-refractivity contribution in [3.63, 3.8) is 0 Å². The maximum Gasteiger partial charge on any atom is 0.208 e. The third-order valence-electron chi connectivity index (χ3n) is 3.70. The lowest BCUT2D eigenvalue weighted by Gasteiger charge is -2.24. The molecular formula is C13H22N2O. The van der Waals surface area contributed by atoms with Gasteiger partial charge in [-0.15, -0.1) is 0 Å². The largest absolute Gasteiger partial charge is 0.444 e. The molecule has 1 unspecified atom stereocenters. The Kier molecular flexibility index (Phi) is 3.33. The highest BCUT2D eigenvalue weighted by Crippen LogP contribution is 2.48. The standard InChI is InChI=1S/C13H22N2O/c1-4-14-9-12-15-8-11(16-12)10-6-5-7-13(10,2)3/h8,10,14H,4-7,9H2,1-3H3. The summed E-state index contributed by atoms with van der Waals surface area (Å²) in [5.74, 6) is 2.45. The molecule has 16 heavy (non-hydrogen) atoms. The van der Waals surface area contributed by atoms with Crippen LogP contribution in [0, 0.1) is 5.41 Å². The van der Waals surface area contributed by atoms with Crippen LogP contribution < -0.4 is 5.32 Å². The topological polar surface area (TPSA) is 38.1 Å². The van der Waals surface area contributed by atoms with Crippen molar-refractivity contribution in [1.82, 2.24) is 10.3 Å². The molecule has 1 aliphatic carbocycles. The molecule has 1 N–H and O–H groups in total. The molecule has 90 valence electrons. The molecule has 2 rings (SSSR count). The Hall–Kier alpha value is -0.830. The van der Waals surface area contributed by atoms with Gasteiger partial charge in [0.05, 0.1) is 12.7 Å². The molecule has 1 aliphatic rings. The SMILES string of the molecule is CCNCc1ncc(C2CCCC2(C)C)o1. The zero-order valence-corrected chi connectivity index (χ0v) is 10.5. The Bertz CT molecular complexity index is 343. The Morgan fingerprint density at radius 2 is 2.38 bits per heavy atom. The molecule has 1 saturated carbocycles. The summed E-state index contributed by atoms with van der Waals surface area (Å²) >= 11 is 0. The van der Waals surface area contributed by atoms with Gasteiger partial charge in [0, 0.05) is 5.92 Å². The number of hydrogen-bond acceptors (Lipinski definition) is 3. The van der Waals surface area contributed by atoms with E-state index in [9.17, 15) is 0 Å². The van der Waals surface area contributed by atoms with Crippen molar-refractivity contribution in [3.05, 3.63) is 17.8 Å². The predicted molar refractivity (Wildman–Crippen MR) is 64.3 cm³/mol. The van der Waals surface area contributed by atoms with Crippen LogP contribution in [0.2, 0.25) is 0 Å². The molecule has 0 spiro atoms. The summed E-state index contributed by atoms with van der Waals surface area (Å²) in [4.78, 5) is 4.33. The van der Waals surface area contributed by atoms with Gasteiger partial charge in [-0.25, -0.2) is 4.98 Å². The average Bonchev–Trinajstić information content (AvgIpc) is 2.81. The molecule has 0 radical (unpaired) electrons. The normalized spacial score (nSPS) is 23.8. The van der Waals surface area contributed by atoms with E-state index in [4.69, 9.17) is 4.42 Å². The summed E-state index contributed by atoms with van der Waals surface area (Å²) < 4.78 is 5.83. The van der Waals surface area contributed by atoms with Gasteiger partial charge in [-0.1, -0.05) is 27.2 Å². The molecule has 1 atom stereocenters. The maximum atomic E-state index is 5.83. The Balaban J connectivity index is 2.06. The molecule has 0 saturated heterocycles. The van der Waals surface area contributed by atoms with Crippen molar-refractivity contribution in [3.8, 4) is 0 Å². The molecule has 3 nitrogen and oxygen atoms in total. The van der Waals surface area contributed by atoms with Gasteiger partial charge >= 0.3 is 0 Å². The van der Waals surface area contributed by atoms with Crippen LogP contribution in [-0.4, -0.2) is 11.5 Å². The summed E-state index contributed by atoms with van der Waals surface area (Å²) in [7, 11) is 0. The van der Waals surface area contributed by atoms with Gasteiger partial charge in [0.2, 0.25) is 5.89 Å². The van der Waals surface area contributed by atoms with E-state index in [0.717, 1.165) is 24.7 Å². The molecule has 0 bridgehead atoms. The minimum Gasteiger partial charge on any atom is -0.444 e. The smallest absolute Gasteiger partial charge is 0.208 e. The van der Waals surface area contributed by atoms with E-state index in [1.54, 1.807) is 0 Å². The fourth-order valence-corrected chi connectivity index (χ4v) is 2.65. The van der Waals surface area contributed by atoms with E-state index in [2.05, 4.69) is 31.1 Å². The first-order valence-corrected chi connectivity index (χ1v) is 6.29. The first kappa shape index (κ1) is 11.6. The van der Waals surface area contributed by atoms with E-state index in [0.29, 0.717) is 11.3 Å². The van der Waals surface area contributed by atoms with Gasteiger partial charge in [-0.05, 0) is 24.8 Å². The highest BCUT2D eigenvalue weighted by atomic mass is 16.4. The Morgan fingerprint density at radius 1 is 1.56 bits per heavy atom. The quantitative estimate of drug-likeness (QED) is 0.850. The average molecular weight is 222 g/mol. The molecule has 1 fully saturated rings. The van der Waals surface area contributed by atoms with Crippen molar-refractivity contribution in [2.24, 2.45) is 5.41 Å². The highest BCUT2D eigenvalue weighted by molar-refractivity contribution is 5.09. The van der Waals surface area contributed by atoms with E-state index in [-0.39, 0.29) is 0 Å². The van der Waals surface area contributed by atoms with Crippen LogP contribution in [0.3, 0.4) is 0 Å². The number of nitrogens with one attached hydrogen (secondary N) is 1. The highest BCUT2D eigenvalue weighted by Gasteiger charge is 2.37. The van der Waals surface area contributed by atoms with Crippen molar-refractivity contribution >= 4 is 0 Å². The second-order valence-electron chi connectivity index (χ2n) is 5.37. The molecule has 1 aromatic heterocycles. The van der Waals surface area contributed by atoms with E-state index < -0.39 is 0 Å². The Morgan fingerprint density at radius 3 is 3.00 bits per heavy atom. The molecule has 0 aliphatic heterocycles. The van der Waals surface area contributed by atoms with Gasteiger partial charge in [-0.3, -0.25) is 0 Å². The second-order valence-corrected chi connectivity index (χ2v) is 5.37. The molecule has 0 amide bonds. The van der Waals surface area contributed by atoms with Crippen LogP contribution >= 0.6 is 0 Å². The number of oxazole rings is 1. The Labute approximate surface area is 97.6 Å².